The van der Waals surface area contributed by atoms with E-state index in [9.17, 15) is 27.2 Å². The number of anilines is 2. The summed E-state index contributed by atoms with van der Waals surface area (Å²) in [4.78, 5) is 35.0. The molecule has 0 fully saturated rings. The highest BCUT2D eigenvalue weighted by Gasteiger charge is 2.37. The van der Waals surface area contributed by atoms with Crippen LogP contribution in [-0.2, 0) is 6.18 Å². The molecular weight excluding hydrogens is 466 g/mol. The molecule has 0 unspecified atom stereocenters. The van der Waals surface area contributed by atoms with Crippen molar-refractivity contribution in [1.29, 1.82) is 0 Å². The maximum Gasteiger partial charge on any atom is 0.449 e. The number of nitrogens with one attached hydrogen (secondary N) is 3. The van der Waals surface area contributed by atoms with Crippen LogP contribution in [0.1, 0.15) is 32.2 Å². The van der Waals surface area contributed by atoms with Gasteiger partial charge in [-0.15, -0.1) is 0 Å². The molecule has 0 aliphatic carbocycles. The van der Waals surface area contributed by atoms with Crippen LogP contribution in [0.4, 0.5) is 28.9 Å². The fourth-order valence-electron chi connectivity index (χ4n) is 3.27. The maximum absolute atomic E-state index is 13.3. The largest absolute Gasteiger partial charge is 0.449 e. The van der Waals surface area contributed by atoms with Gasteiger partial charge in [0.1, 0.15) is 5.82 Å². The average Bonchev–Trinajstić information content (AvgIpc) is 3.28. The number of carbonyl (C=O) groups excluding carboxylic acids is 2. The average molecular weight is 483 g/mol. The number of nitrogens with zero attached hydrogens (tertiary/aromatic N) is 2. The number of benzene rings is 2. The van der Waals surface area contributed by atoms with Crippen LogP contribution in [0, 0.1) is 12.7 Å². The molecular formula is C24H17F4N5O2. The Bertz CT molecular complexity index is 1380. The van der Waals surface area contributed by atoms with Gasteiger partial charge in [0.2, 0.25) is 5.82 Å². The van der Waals surface area contributed by atoms with Gasteiger partial charge in [-0.3, -0.25) is 14.6 Å². The van der Waals surface area contributed by atoms with Gasteiger partial charge < -0.3 is 15.6 Å². The van der Waals surface area contributed by atoms with Gasteiger partial charge in [-0.2, -0.15) is 13.2 Å². The number of aryl methyl sites for hydroxylation is 1. The monoisotopic (exact) mass is 483 g/mol. The Kier molecular flexibility index (Phi) is 6.32. The molecule has 4 rings (SSSR count). The smallest absolute Gasteiger partial charge is 0.334 e. The molecule has 0 radical (unpaired) electrons. The van der Waals surface area contributed by atoms with E-state index in [-0.39, 0.29) is 22.5 Å². The number of H-pyrrole nitrogens is 1. The van der Waals surface area contributed by atoms with Crippen molar-refractivity contribution in [2.75, 3.05) is 10.6 Å². The number of pyridine rings is 1. The van der Waals surface area contributed by atoms with Gasteiger partial charge in [0.05, 0.1) is 5.69 Å². The predicted molar refractivity (Wildman–Crippen MR) is 120 cm³/mol. The summed E-state index contributed by atoms with van der Waals surface area (Å²) in [5, 5.41) is 5.18. The minimum Gasteiger partial charge on any atom is -0.334 e. The van der Waals surface area contributed by atoms with Crippen molar-refractivity contribution in [3.05, 3.63) is 95.5 Å². The van der Waals surface area contributed by atoms with E-state index in [0.29, 0.717) is 11.3 Å². The predicted octanol–water partition coefficient (Wildman–Crippen LogP) is 5.44. The van der Waals surface area contributed by atoms with E-state index >= 15 is 0 Å². The molecule has 7 nitrogen and oxygen atoms in total. The van der Waals surface area contributed by atoms with Gasteiger partial charge in [0.15, 0.2) is 5.69 Å². The van der Waals surface area contributed by atoms with Gasteiger partial charge in [0, 0.05) is 34.9 Å². The Morgan fingerprint density at radius 1 is 0.886 bits per heavy atom. The summed E-state index contributed by atoms with van der Waals surface area (Å²) in [6, 6.07) is 12.3. The molecule has 0 saturated heterocycles. The first-order chi connectivity index (χ1) is 16.6. The molecule has 2 amide bonds. The highest BCUT2D eigenvalue weighted by atomic mass is 19.4. The van der Waals surface area contributed by atoms with Crippen LogP contribution in [0.5, 0.6) is 0 Å². The van der Waals surface area contributed by atoms with E-state index in [1.807, 2.05) is 0 Å². The number of halogens is 4. The number of amides is 2. The molecule has 0 bridgehead atoms. The summed E-state index contributed by atoms with van der Waals surface area (Å²) >= 11 is 0. The molecule has 0 spiro atoms. The number of hydrogen-bond donors (Lipinski definition) is 3. The molecule has 2 aromatic carbocycles. The van der Waals surface area contributed by atoms with Crippen molar-refractivity contribution in [1.82, 2.24) is 15.0 Å². The van der Waals surface area contributed by atoms with Crippen molar-refractivity contribution in [3.63, 3.8) is 0 Å². The molecule has 3 N–H and O–H groups in total. The van der Waals surface area contributed by atoms with E-state index in [4.69, 9.17) is 0 Å². The van der Waals surface area contributed by atoms with Gasteiger partial charge in [-0.25, -0.2) is 9.37 Å². The first-order valence-electron chi connectivity index (χ1n) is 10.2. The highest BCUT2D eigenvalue weighted by Crippen LogP contribution is 2.31. The fraction of sp³-hybridized carbons (Fsp3) is 0.0833. The SMILES string of the molecule is Cc1ccc(NC(=O)c2nc(C(F)(F)F)[nH]c2-c2ccc(F)cc2)cc1C(=O)Nc1ccncc1. The lowest BCUT2D eigenvalue weighted by molar-refractivity contribution is -0.144. The van der Waals surface area contributed by atoms with Gasteiger partial charge >= 0.3 is 6.18 Å². The lowest BCUT2D eigenvalue weighted by Crippen LogP contribution is -2.17. The number of aromatic nitrogens is 3. The highest BCUT2D eigenvalue weighted by molar-refractivity contribution is 6.09. The normalized spacial score (nSPS) is 11.2. The second-order valence-corrected chi connectivity index (χ2v) is 7.49. The van der Waals surface area contributed by atoms with Gasteiger partial charge in [-0.05, 0) is 61.0 Å². The maximum atomic E-state index is 13.3. The van der Waals surface area contributed by atoms with Crippen LogP contribution >= 0.6 is 0 Å². The van der Waals surface area contributed by atoms with Crippen molar-refractivity contribution < 1.29 is 27.2 Å². The number of rotatable bonds is 5. The Morgan fingerprint density at radius 3 is 2.20 bits per heavy atom. The summed E-state index contributed by atoms with van der Waals surface area (Å²) in [5.41, 5.74) is 0.920. The van der Waals surface area contributed by atoms with Gasteiger partial charge in [-0.1, -0.05) is 6.07 Å². The molecule has 0 atom stereocenters. The topological polar surface area (TPSA) is 99.8 Å². The quantitative estimate of drug-likeness (QED) is 0.329. The molecule has 178 valence electrons. The second kappa shape index (κ2) is 9.37. The zero-order valence-electron chi connectivity index (χ0n) is 18.1. The van der Waals surface area contributed by atoms with Crippen molar-refractivity contribution >= 4 is 23.2 Å². The summed E-state index contributed by atoms with van der Waals surface area (Å²) in [7, 11) is 0. The van der Waals surface area contributed by atoms with E-state index in [2.05, 4.69) is 25.6 Å². The Labute approximate surface area is 196 Å². The van der Waals surface area contributed by atoms with Crippen molar-refractivity contribution in [3.8, 4) is 11.3 Å². The van der Waals surface area contributed by atoms with Crippen LogP contribution in [0.2, 0.25) is 0 Å². The minimum atomic E-state index is -4.84. The van der Waals surface area contributed by atoms with Crippen LogP contribution in [0.25, 0.3) is 11.3 Å². The Hall–Kier alpha value is -4.54. The van der Waals surface area contributed by atoms with Crippen LogP contribution in [0.15, 0.2) is 67.0 Å². The van der Waals surface area contributed by atoms with Crippen molar-refractivity contribution in [2.24, 2.45) is 0 Å². The van der Waals surface area contributed by atoms with Crippen LogP contribution in [-0.4, -0.2) is 26.8 Å². The third-order valence-electron chi connectivity index (χ3n) is 5.00. The summed E-state index contributed by atoms with van der Waals surface area (Å²) in [6.45, 7) is 1.70. The van der Waals surface area contributed by atoms with Gasteiger partial charge in [0.25, 0.3) is 11.8 Å². The number of imidazole rings is 1. The zero-order chi connectivity index (χ0) is 25.2. The third-order valence-corrected chi connectivity index (χ3v) is 5.00. The fourth-order valence-corrected chi connectivity index (χ4v) is 3.27. The molecule has 0 saturated carbocycles. The molecule has 0 aliphatic rings. The summed E-state index contributed by atoms with van der Waals surface area (Å²) < 4.78 is 53.1. The molecule has 4 aromatic rings. The Balaban J connectivity index is 1.63. The first-order valence-corrected chi connectivity index (χ1v) is 10.2. The number of carbonyl (C=O) groups is 2. The lowest BCUT2D eigenvalue weighted by atomic mass is 10.1. The minimum absolute atomic E-state index is 0.140. The standard InChI is InChI=1S/C24H17F4N5O2/c1-13-2-7-17(12-18(13)21(34)30-16-8-10-29-11-9-16)31-22(35)20-19(14-3-5-15(25)6-4-14)32-23(33-20)24(26,27)28/h2-12H,1H3,(H,31,35)(H,32,33)(H,29,30,34). The molecule has 2 aromatic heterocycles. The molecule has 2 heterocycles. The van der Waals surface area contributed by atoms with Crippen LogP contribution in [0.3, 0.4) is 0 Å². The number of alkyl halides is 3. The van der Waals surface area contributed by atoms with E-state index < -0.39 is 35.3 Å². The number of hydrogen-bond acceptors (Lipinski definition) is 4. The first kappa shape index (κ1) is 23.6. The van der Waals surface area contributed by atoms with E-state index in [1.54, 1.807) is 25.1 Å². The summed E-state index contributed by atoms with van der Waals surface area (Å²) in [5.74, 6) is -3.35. The molecule has 0 aliphatic heterocycles. The zero-order valence-corrected chi connectivity index (χ0v) is 18.1. The summed E-state index contributed by atoms with van der Waals surface area (Å²) in [6.07, 6.45) is -1.82. The van der Waals surface area contributed by atoms with Crippen molar-refractivity contribution in [2.45, 2.75) is 13.1 Å². The third kappa shape index (κ3) is 5.35. The molecule has 11 heteroatoms. The molecule has 35 heavy (non-hydrogen) atoms. The lowest BCUT2D eigenvalue weighted by Gasteiger charge is -2.11. The van der Waals surface area contributed by atoms with Crippen LogP contribution < -0.4 is 10.6 Å². The van der Waals surface area contributed by atoms with E-state index in [0.717, 1.165) is 12.1 Å². The number of aromatic amines is 1. The second-order valence-electron chi connectivity index (χ2n) is 7.49. The Morgan fingerprint density at radius 2 is 1.54 bits per heavy atom. The van der Waals surface area contributed by atoms with E-state index in [1.165, 1.54) is 36.7 Å².